The van der Waals surface area contributed by atoms with Crippen molar-refractivity contribution in [2.45, 2.75) is 6.54 Å². The summed E-state index contributed by atoms with van der Waals surface area (Å²) in [4.78, 5) is 39.3. The quantitative estimate of drug-likeness (QED) is 0.245. The van der Waals surface area contributed by atoms with Gasteiger partial charge in [0.1, 0.15) is 12.1 Å². The number of anilines is 1. The van der Waals surface area contributed by atoms with Gasteiger partial charge in [0.15, 0.2) is 5.11 Å². The Kier molecular flexibility index (Phi) is 6.39. The molecule has 0 radical (unpaired) electrons. The first-order valence-electron chi connectivity index (χ1n) is 10.0. The van der Waals surface area contributed by atoms with Crippen LogP contribution >= 0.6 is 23.8 Å². The van der Waals surface area contributed by atoms with Gasteiger partial charge in [0.25, 0.3) is 11.8 Å². The number of halogens is 1. The highest BCUT2D eigenvalue weighted by Crippen LogP contribution is 2.25. The Bertz CT molecular complexity index is 1330. The van der Waals surface area contributed by atoms with Gasteiger partial charge in [-0.3, -0.25) is 24.6 Å². The monoisotopic (exact) mass is 478 g/mol. The molecule has 2 aromatic carbocycles. The van der Waals surface area contributed by atoms with E-state index in [0.717, 1.165) is 10.9 Å². The summed E-state index contributed by atoms with van der Waals surface area (Å²) in [5, 5.41) is 6.79. The molecule has 9 heteroatoms. The maximum atomic E-state index is 12.9. The second-order valence-electron chi connectivity index (χ2n) is 7.31. The van der Waals surface area contributed by atoms with Gasteiger partial charge >= 0.3 is 0 Å². The van der Waals surface area contributed by atoms with Crippen molar-refractivity contribution in [3.05, 3.63) is 83.5 Å². The van der Waals surface area contributed by atoms with Gasteiger partial charge in [-0.05, 0) is 48.6 Å². The van der Waals surface area contributed by atoms with Crippen LogP contribution in [0.5, 0.6) is 0 Å². The van der Waals surface area contributed by atoms with E-state index in [9.17, 15) is 14.4 Å². The number of hydrogen-bond donors (Lipinski definition) is 2. The van der Waals surface area contributed by atoms with E-state index in [1.54, 1.807) is 35.0 Å². The van der Waals surface area contributed by atoms with Gasteiger partial charge in [-0.15, -0.1) is 6.58 Å². The van der Waals surface area contributed by atoms with E-state index >= 15 is 0 Å². The number of nitrogens with one attached hydrogen (secondary N) is 2. The van der Waals surface area contributed by atoms with Crippen LogP contribution in [0.15, 0.2) is 73.0 Å². The fourth-order valence-corrected chi connectivity index (χ4v) is 3.93. The molecule has 1 aliphatic heterocycles. The third-order valence-corrected chi connectivity index (χ3v) is 5.63. The van der Waals surface area contributed by atoms with Crippen molar-refractivity contribution in [1.29, 1.82) is 0 Å². The van der Waals surface area contributed by atoms with Crippen molar-refractivity contribution in [2.75, 3.05) is 11.9 Å². The number of thiocarbonyl (C=S) groups is 1. The lowest BCUT2D eigenvalue weighted by Crippen LogP contribution is -2.53. The van der Waals surface area contributed by atoms with Crippen molar-refractivity contribution >= 4 is 69.3 Å². The predicted octanol–water partition coefficient (Wildman–Crippen LogP) is 3.75. The fraction of sp³-hybridized carbons (Fsp3) is 0.0833. The number of nitrogens with zero attached hydrogens (tertiary/aromatic N) is 2. The summed E-state index contributed by atoms with van der Waals surface area (Å²) in [6, 6.07) is 14.3. The van der Waals surface area contributed by atoms with E-state index in [1.165, 1.54) is 17.1 Å². The molecule has 0 unspecified atom stereocenters. The lowest BCUT2D eigenvalue weighted by atomic mass is 10.1. The SMILES string of the molecule is C=CCN1C(=O)/C(=C/c2cn(CC(=O)Nc3ccc(Cl)cc3)c3ccccc23)C(=O)NC1=S. The Morgan fingerprint density at radius 1 is 1.15 bits per heavy atom. The van der Waals surface area contributed by atoms with Gasteiger partial charge in [-0.25, -0.2) is 0 Å². The summed E-state index contributed by atoms with van der Waals surface area (Å²) in [6.45, 7) is 3.85. The molecule has 0 aliphatic carbocycles. The van der Waals surface area contributed by atoms with E-state index < -0.39 is 11.8 Å². The van der Waals surface area contributed by atoms with Crippen LogP contribution in [0.4, 0.5) is 5.69 Å². The van der Waals surface area contributed by atoms with Crippen LogP contribution in [0.25, 0.3) is 17.0 Å². The van der Waals surface area contributed by atoms with E-state index in [2.05, 4.69) is 17.2 Å². The van der Waals surface area contributed by atoms with Crippen molar-refractivity contribution < 1.29 is 14.4 Å². The summed E-state index contributed by atoms with van der Waals surface area (Å²) in [5.41, 5.74) is 2.01. The molecule has 3 aromatic rings. The third-order valence-electron chi connectivity index (χ3n) is 5.06. The summed E-state index contributed by atoms with van der Waals surface area (Å²) < 4.78 is 1.77. The van der Waals surface area contributed by atoms with Gasteiger partial charge < -0.3 is 9.88 Å². The molecule has 166 valence electrons. The van der Waals surface area contributed by atoms with Gasteiger partial charge in [0, 0.05) is 39.9 Å². The first-order chi connectivity index (χ1) is 15.9. The van der Waals surface area contributed by atoms with Crippen LogP contribution in [0.3, 0.4) is 0 Å². The van der Waals surface area contributed by atoms with Crippen molar-refractivity contribution in [2.24, 2.45) is 0 Å². The molecule has 0 saturated carbocycles. The number of fused-ring (bicyclic) bond motifs is 1. The molecule has 4 rings (SSSR count). The van der Waals surface area contributed by atoms with Crippen molar-refractivity contribution in [3.63, 3.8) is 0 Å². The van der Waals surface area contributed by atoms with Crippen LogP contribution < -0.4 is 10.6 Å². The number of carbonyl (C=O) groups is 3. The predicted molar refractivity (Wildman–Crippen MR) is 133 cm³/mol. The molecular weight excluding hydrogens is 460 g/mol. The average molecular weight is 479 g/mol. The molecule has 1 aromatic heterocycles. The Balaban J connectivity index is 1.65. The van der Waals surface area contributed by atoms with Gasteiger partial charge in [0.2, 0.25) is 5.91 Å². The topological polar surface area (TPSA) is 83.4 Å². The van der Waals surface area contributed by atoms with Gasteiger partial charge in [-0.1, -0.05) is 35.9 Å². The second-order valence-corrected chi connectivity index (χ2v) is 8.13. The Labute approximate surface area is 200 Å². The summed E-state index contributed by atoms with van der Waals surface area (Å²) >= 11 is 11.0. The lowest BCUT2D eigenvalue weighted by molar-refractivity contribution is -0.128. The first-order valence-corrected chi connectivity index (χ1v) is 10.8. The molecule has 0 bridgehead atoms. The standard InChI is InChI=1S/C24H19ClN4O3S/c1-2-11-29-23(32)19(22(31)27-24(29)33)12-15-13-28(20-6-4-3-5-18(15)20)14-21(30)26-17-9-7-16(25)8-10-17/h2-10,12-13H,1,11,14H2,(H,26,30)(H,27,31,33)/b19-12+. The van der Waals surface area contributed by atoms with Crippen molar-refractivity contribution in [3.8, 4) is 0 Å². The minimum atomic E-state index is -0.567. The van der Waals surface area contributed by atoms with E-state index in [-0.39, 0.29) is 29.7 Å². The van der Waals surface area contributed by atoms with Crippen LogP contribution in [-0.2, 0) is 20.9 Å². The number of aromatic nitrogens is 1. The highest BCUT2D eigenvalue weighted by atomic mass is 35.5. The zero-order valence-electron chi connectivity index (χ0n) is 17.4. The van der Waals surface area contributed by atoms with E-state index in [1.807, 2.05) is 24.3 Å². The fourth-order valence-electron chi connectivity index (χ4n) is 3.55. The molecule has 0 atom stereocenters. The number of benzene rings is 2. The van der Waals surface area contributed by atoms with Gasteiger partial charge in [-0.2, -0.15) is 0 Å². The van der Waals surface area contributed by atoms with Crippen LogP contribution in [0.1, 0.15) is 5.56 Å². The minimum absolute atomic E-state index is 0.0408. The molecular formula is C24H19ClN4O3S. The van der Waals surface area contributed by atoms with Crippen LogP contribution in [0.2, 0.25) is 5.02 Å². The normalized spacial score (nSPS) is 15.1. The summed E-state index contributed by atoms with van der Waals surface area (Å²) in [5.74, 6) is -1.30. The number of amides is 3. The third kappa shape index (κ3) is 4.72. The first kappa shape index (κ1) is 22.4. The maximum Gasteiger partial charge on any atom is 0.265 e. The number of carbonyl (C=O) groups excluding carboxylic acids is 3. The van der Waals surface area contributed by atoms with E-state index in [4.69, 9.17) is 23.8 Å². The molecule has 1 fully saturated rings. The zero-order chi connectivity index (χ0) is 23.5. The number of rotatable bonds is 6. The molecule has 3 amide bonds. The molecule has 0 spiro atoms. The molecule has 7 nitrogen and oxygen atoms in total. The highest BCUT2D eigenvalue weighted by molar-refractivity contribution is 7.80. The summed E-state index contributed by atoms with van der Waals surface area (Å²) in [7, 11) is 0. The molecule has 33 heavy (non-hydrogen) atoms. The largest absolute Gasteiger partial charge is 0.337 e. The smallest absolute Gasteiger partial charge is 0.265 e. The highest BCUT2D eigenvalue weighted by Gasteiger charge is 2.32. The summed E-state index contributed by atoms with van der Waals surface area (Å²) in [6.07, 6.45) is 4.79. The molecule has 2 heterocycles. The second kappa shape index (κ2) is 9.40. The van der Waals surface area contributed by atoms with Crippen LogP contribution in [0, 0.1) is 0 Å². The van der Waals surface area contributed by atoms with E-state index in [0.29, 0.717) is 16.3 Å². The average Bonchev–Trinajstić information content (AvgIpc) is 3.13. The lowest BCUT2D eigenvalue weighted by Gasteiger charge is -2.27. The molecule has 1 saturated heterocycles. The number of hydrogen-bond acceptors (Lipinski definition) is 4. The molecule has 2 N–H and O–H groups in total. The maximum absolute atomic E-state index is 12.9. The number of para-hydroxylation sites is 1. The van der Waals surface area contributed by atoms with Gasteiger partial charge in [0.05, 0.1) is 0 Å². The minimum Gasteiger partial charge on any atom is -0.337 e. The Morgan fingerprint density at radius 2 is 1.88 bits per heavy atom. The van der Waals surface area contributed by atoms with Crippen molar-refractivity contribution in [1.82, 2.24) is 14.8 Å². The zero-order valence-corrected chi connectivity index (χ0v) is 18.9. The Morgan fingerprint density at radius 3 is 2.61 bits per heavy atom. The molecule has 1 aliphatic rings. The van der Waals surface area contributed by atoms with Crippen LogP contribution in [-0.4, -0.2) is 38.8 Å². The Hall–Kier alpha value is -3.75.